The molecule has 0 amide bonds. The first-order valence-electron chi connectivity index (χ1n) is 8.56. The third-order valence-electron chi connectivity index (χ3n) is 3.59. The van der Waals surface area contributed by atoms with Gasteiger partial charge in [-0.25, -0.2) is 0 Å². The van der Waals surface area contributed by atoms with Crippen molar-refractivity contribution in [1.82, 2.24) is 10.6 Å². The first-order chi connectivity index (χ1) is 12.1. The van der Waals surface area contributed by atoms with Gasteiger partial charge in [0.1, 0.15) is 11.5 Å². The lowest BCUT2D eigenvalue weighted by Gasteiger charge is -2.14. The predicted octanol–water partition coefficient (Wildman–Crippen LogP) is 2.44. The Hall–Kier alpha value is -1.60. The third kappa shape index (κ3) is 8.36. The van der Waals surface area contributed by atoms with Crippen molar-refractivity contribution >= 4 is 17.7 Å². The topological polar surface area (TPSA) is 75.1 Å². The van der Waals surface area contributed by atoms with E-state index in [1.54, 1.807) is 32.4 Å². The van der Waals surface area contributed by atoms with Gasteiger partial charge in [0.15, 0.2) is 5.96 Å². The average Bonchev–Trinajstić information content (AvgIpc) is 2.64. The van der Waals surface area contributed by atoms with Crippen molar-refractivity contribution in [1.29, 1.82) is 0 Å². The second-order valence-corrected chi connectivity index (χ2v) is 6.49. The Bertz CT molecular complexity index is 504. The van der Waals surface area contributed by atoms with E-state index in [-0.39, 0.29) is 6.54 Å². The lowest BCUT2D eigenvalue weighted by molar-refractivity contribution is 0.186. The highest BCUT2D eigenvalue weighted by Gasteiger charge is 2.11. The maximum atomic E-state index is 10.4. The van der Waals surface area contributed by atoms with Crippen LogP contribution in [0.25, 0.3) is 0 Å². The molecular weight excluding hydrogens is 338 g/mol. The van der Waals surface area contributed by atoms with E-state index in [9.17, 15) is 5.11 Å². The van der Waals surface area contributed by atoms with Gasteiger partial charge in [-0.2, -0.15) is 11.8 Å². The van der Waals surface area contributed by atoms with Crippen LogP contribution < -0.4 is 20.1 Å². The number of rotatable bonds is 11. The zero-order valence-corrected chi connectivity index (χ0v) is 16.5. The molecule has 0 fully saturated rings. The number of aliphatic hydroxyl groups is 1. The van der Waals surface area contributed by atoms with Gasteiger partial charge in [0.05, 0.1) is 26.9 Å². The number of hydrogen-bond donors (Lipinski definition) is 3. The van der Waals surface area contributed by atoms with Gasteiger partial charge in [-0.15, -0.1) is 0 Å². The molecule has 0 aromatic heterocycles. The SMILES string of the molecule is CCNC(=NCC(O)c1cc(OC)cc(OC)c1)NCCCCSC. The fourth-order valence-electron chi connectivity index (χ4n) is 2.22. The first-order valence-corrected chi connectivity index (χ1v) is 9.96. The summed E-state index contributed by atoms with van der Waals surface area (Å²) >= 11 is 1.86. The van der Waals surface area contributed by atoms with E-state index in [0.29, 0.717) is 11.5 Å². The predicted molar refractivity (Wildman–Crippen MR) is 106 cm³/mol. The molecule has 1 atom stereocenters. The minimum absolute atomic E-state index is 0.260. The second kappa shape index (κ2) is 12.7. The maximum Gasteiger partial charge on any atom is 0.191 e. The van der Waals surface area contributed by atoms with Gasteiger partial charge in [-0.05, 0) is 49.5 Å². The maximum absolute atomic E-state index is 10.4. The molecule has 142 valence electrons. The summed E-state index contributed by atoms with van der Waals surface area (Å²) in [7, 11) is 3.18. The van der Waals surface area contributed by atoms with Gasteiger partial charge in [0, 0.05) is 19.2 Å². The number of hydrogen-bond acceptors (Lipinski definition) is 5. The quantitative estimate of drug-likeness (QED) is 0.316. The molecular formula is C18H31N3O3S. The van der Waals surface area contributed by atoms with E-state index in [1.807, 2.05) is 18.7 Å². The Morgan fingerprint density at radius 1 is 1.16 bits per heavy atom. The molecule has 0 bridgehead atoms. The molecule has 1 unspecified atom stereocenters. The summed E-state index contributed by atoms with van der Waals surface area (Å²) in [4.78, 5) is 4.48. The highest BCUT2D eigenvalue weighted by molar-refractivity contribution is 7.98. The third-order valence-corrected chi connectivity index (χ3v) is 4.29. The molecule has 0 saturated carbocycles. The van der Waals surface area contributed by atoms with Crippen LogP contribution in [0.4, 0.5) is 0 Å². The number of aliphatic imine (C=N–C) groups is 1. The summed E-state index contributed by atoms with van der Waals surface area (Å²) in [5.74, 6) is 3.19. The van der Waals surface area contributed by atoms with Crippen LogP contribution in [0.5, 0.6) is 11.5 Å². The molecule has 0 saturated heterocycles. The number of nitrogens with one attached hydrogen (secondary N) is 2. The monoisotopic (exact) mass is 369 g/mol. The molecule has 25 heavy (non-hydrogen) atoms. The summed E-state index contributed by atoms with van der Waals surface area (Å²) in [6.07, 6.45) is 3.67. The van der Waals surface area contributed by atoms with Crippen molar-refractivity contribution in [2.45, 2.75) is 25.9 Å². The average molecular weight is 370 g/mol. The van der Waals surface area contributed by atoms with E-state index >= 15 is 0 Å². The second-order valence-electron chi connectivity index (χ2n) is 5.51. The van der Waals surface area contributed by atoms with Crippen molar-refractivity contribution in [2.75, 3.05) is 45.9 Å². The molecule has 0 aliphatic rings. The lowest BCUT2D eigenvalue weighted by Crippen LogP contribution is -2.38. The van der Waals surface area contributed by atoms with Gasteiger partial charge in [-0.3, -0.25) is 4.99 Å². The number of unbranched alkanes of at least 4 members (excludes halogenated alkanes) is 1. The number of thioether (sulfide) groups is 1. The zero-order chi connectivity index (χ0) is 18.5. The fourth-order valence-corrected chi connectivity index (χ4v) is 2.72. The minimum Gasteiger partial charge on any atom is -0.497 e. The van der Waals surface area contributed by atoms with E-state index < -0.39 is 6.10 Å². The number of nitrogens with zero attached hydrogens (tertiary/aromatic N) is 1. The number of ether oxygens (including phenoxy) is 2. The van der Waals surface area contributed by atoms with Crippen molar-refractivity contribution in [2.24, 2.45) is 4.99 Å². The van der Waals surface area contributed by atoms with Crippen LogP contribution in [0.3, 0.4) is 0 Å². The molecule has 3 N–H and O–H groups in total. The van der Waals surface area contributed by atoms with Gasteiger partial charge in [0.2, 0.25) is 0 Å². The fraction of sp³-hybridized carbons (Fsp3) is 0.611. The Morgan fingerprint density at radius 2 is 1.84 bits per heavy atom. The first kappa shape index (κ1) is 21.4. The van der Waals surface area contributed by atoms with E-state index in [4.69, 9.17) is 9.47 Å². The van der Waals surface area contributed by atoms with Gasteiger partial charge in [0.25, 0.3) is 0 Å². The molecule has 0 radical (unpaired) electrons. The van der Waals surface area contributed by atoms with Gasteiger partial charge >= 0.3 is 0 Å². The highest BCUT2D eigenvalue weighted by Crippen LogP contribution is 2.26. The van der Waals surface area contributed by atoms with Crippen LogP contribution in [-0.4, -0.2) is 56.9 Å². The number of aliphatic hydroxyl groups excluding tert-OH is 1. The van der Waals surface area contributed by atoms with Crippen LogP contribution >= 0.6 is 11.8 Å². The Balaban J connectivity index is 2.64. The van der Waals surface area contributed by atoms with E-state index in [0.717, 1.165) is 31.0 Å². The molecule has 1 rings (SSSR count). The normalized spacial score (nSPS) is 12.6. The standard InChI is InChI=1S/C18H31N3O3S/c1-5-19-18(20-8-6-7-9-25-4)21-13-17(22)14-10-15(23-2)12-16(11-14)24-3/h10-12,17,22H,5-9,13H2,1-4H3,(H2,19,20,21). The lowest BCUT2D eigenvalue weighted by atomic mass is 10.1. The largest absolute Gasteiger partial charge is 0.497 e. The summed E-state index contributed by atoms with van der Waals surface area (Å²) in [6, 6.07) is 5.37. The van der Waals surface area contributed by atoms with Crippen LogP contribution in [0.15, 0.2) is 23.2 Å². The smallest absolute Gasteiger partial charge is 0.191 e. The molecule has 7 heteroatoms. The van der Waals surface area contributed by atoms with Gasteiger partial charge in [-0.1, -0.05) is 0 Å². The molecule has 0 heterocycles. The number of benzene rings is 1. The minimum atomic E-state index is -0.726. The summed E-state index contributed by atoms with van der Waals surface area (Å²) < 4.78 is 10.5. The van der Waals surface area contributed by atoms with E-state index in [1.165, 1.54) is 12.2 Å². The van der Waals surface area contributed by atoms with Gasteiger partial charge < -0.3 is 25.2 Å². The van der Waals surface area contributed by atoms with Crippen molar-refractivity contribution in [3.05, 3.63) is 23.8 Å². The van der Waals surface area contributed by atoms with Crippen molar-refractivity contribution in [3.63, 3.8) is 0 Å². The van der Waals surface area contributed by atoms with Crippen LogP contribution in [0, 0.1) is 0 Å². The Morgan fingerprint density at radius 3 is 2.40 bits per heavy atom. The molecule has 0 spiro atoms. The summed E-state index contributed by atoms with van der Waals surface area (Å²) in [6.45, 7) is 3.93. The van der Waals surface area contributed by atoms with Crippen molar-refractivity contribution < 1.29 is 14.6 Å². The number of guanidine groups is 1. The van der Waals surface area contributed by atoms with Crippen LogP contribution in [0.1, 0.15) is 31.4 Å². The molecule has 1 aromatic rings. The zero-order valence-electron chi connectivity index (χ0n) is 15.7. The highest BCUT2D eigenvalue weighted by atomic mass is 32.2. The Labute approximate surface area is 155 Å². The van der Waals surface area contributed by atoms with Crippen LogP contribution in [-0.2, 0) is 0 Å². The summed E-state index contributed by atoms with van der Waals surface area (Å²) in [5, 5.41) is 16.9. The number of methoxy groups -OCH3 is 2. The molecule has 0 aliphatic carbocycles. The molecule has 6 nitrogen and oxygen atoms in total. The van der Waals surface area contributed by atoms with Crippen molar-refractivity contribution in [3.8, 4) is 11.5 Å². The van der Waals surface area contributed by atoms with E-state index in [2.05, 4.69) is 21.9 Å². The molecule has 0 aliphatic heterocycles. The molecule has 1 aromatic carbocycles. The summed E-state index contributed by atoms with van der Waals surface area (Å²) in [5.41, 5.74) is 0.718. The Kier molecular flexibility index (Phi) is 10.9. The van der Waals surface area contributed by atoms with Crippen LogP contribution in [0.2, 0.25) is 0 Å².